The number of piperazine rings is 1. The summed E-state index contributed by atoms with van der Waals surface area (Å²) in [6, 6.07) is 3.19. The monoisotopic (exact) mass is 922 g/mol. The van der Waals surface area contributed by atoms with Gasteiger partial charge in [0.25, 0.3) is 0 Å². The number of thioether (sulfide) groups is 1. The molecule has 9 atom stereocenters. The standard InChI is InChI=1S/C46H63ClN8O8S/c1-8-28-22-46(28,42(58)59)52-40(56)34-20-30(23-55(34)41(57)39(45(4,5)6)51-44(60)63-29-18-26-17-27(26)19-29)62-36-21-32(33-24-64-43(50-33)48-25(2)3)49-38-31(36)9-10-35(37(38)47)61-16-15-54-13-11-53(7)12-14-54/h8-10,21,25-30,33-34,39H,1,11-20,22-24H2,2-7H3,(H,48,50)(H,51,60)(H,52,56)(H,58,59)/t26-,27+,28-,29+,30-,33?,34+,39-,46-/m1/s1. The van der Waals surface area contributed by atoms with Gasteiger partial charge in [0.1, 0.15) is 59.0 Å². The van der Waals surface area contributed by atoms with Crippen molar-refractivity contribution in [2.24, 2.45) is 28.2 Å². The number of fused-ring (bicyclic) bond motifs is 2. The maximum absolute atomic E-state index is 14.8. The number of aromatic nitrogens is 1. The molecule has 4 N–H and O–H groups in total. The van der Waals surface area contributed by atoms with Gasteiger partial charge < -0.3 is 45.1 Å². The van der Waals surface area contributed by atoms with Crippen LogP contribution in [0.4, 0.5) is 4.79 Å². The number of rotatable bonds is 15. The molecule has 1 aromatic carbocycles. The van der Waals surface area contributed by atoms with Gasteiger partial charge >= 0.3 is 12.1 Å². The summed E-state index contributed by atoms with van der Waals surface area (Å²) in [4.78, 5) is 71.1. The van der Waals surface area contributed by atoms with Gasteiger partial charge in [-0.2, -0.15) is 0 Å². The van der Waals surface area contributed by atoms with Gasteiger partial charge in [-0.1, -0.05) is 50.2 Å². The maximum Gasteiger partial charge on any atom is 0.408 e. The number of nitrogens with zero attached hydrogens (tertiary/aromatic N) is 5. The van der Waals surface area contributed by atoms with Crippen molar-refractivity contribution in [2.75, 3.05) is 58.7 Å². The van der Waals surface area contributed by atoms with E-state index in [9.17, 15) is 24.3 Å². The number of amidine groups is 1. The smallest absolute Gasteiger partial charge is 0.408 e. The van der Waals surface area contributed by atoms with E-state index in [4.69, 9.17) is 35.8 Å². The number of carboxylic acids is 1. The molecule has 2 saturated heterocycles. The molecule has 348 valence electrons. The minimum Gasteiger partial charge on any atom is -0.491 e. The lowest BCUT2D eigenvalue weighted by atomic mass is 9.85. The number of aliphatic imine (C=N–C) groups is 1. The number of carboxylic acid groups (broad SMARTS) is 1. The van der Waals surface area contributed by atoms with Crippen LogP contribution in [0.3, 0.4) is 0 Å². The lowest BCUT2D eigenvalue weighted by Gasteiger charge is -2.35. The van der Waals surface area contributed by atoms with E-state index in [1.54, 1.807) is 11.8 Å². The summed E-state index contributed by atoms with van der Waals surface area (Å²) < 4.78 is 18.9. The van der Waals surface area contributed by atoms with Gasteiger partial charge in [0.2, 0.25) is 11.8 Å². The van der Waals surface area contributed by atoms with Gasteiger partial charge in [-0.25, -0.2) is 14.6 Å². The molecule has 0 bridgehead atoms. The molecule has 4 heterocycles. The first kappa shape index (κ1) is 46.2. The van der Waals surface area contributed by atoms with Crippen LogP contribution in [0.2, 0.25) is 5.02 Å². The van der Waals surface area contributed by atoms with Crippen molar-refractivity contribution < 1.29 is 38.5 Å². The number of halogens is 1. The number of ether oxygens (including phenoxy) is 3. The van der Waals surface area contributed by atoms with E-state index in [0.717, 1.165) is 50.7 Å². The van der Waals surface area contributed by atoms with Gasteiger partial charge in [0.05, 0.1) is 17.8 Å². The van der Waals surface area contributed by atoms with E-state index in [1.165, 1.54) is 17.4 Å². The van der Waals surface area contributed by atoms with Crippen molar-refractivity contribution in [3.63, 3.8) is 0 Å². The summed E-state index contributed by atoms with van der Waals surface area (Å²) in [5.74, 6) is -0.00348. The number of carbonyl (C=O) groups excluding carboxylic acids is 3. The van der Waals surface area contributed by atoms with Crippen molar-refractivity contribution in [2.45, 2.75) is 109 Å². The van der Waals surface area contributed by atoms with Crippen LogP contribution in [0.5, 0.6) is 11.5 Å². The minimum atomic E-state index is -1.53. The van der Waals surface area contributed by atoms with E-state index in [2.05, 4.69) is 53.2 Å². The molecular weight excluding hydrogens is 860 g/mol. The predicted molar refractivity (Wildman–Crippen MR) is 246 cm³/mol. The second kappa shape index (κ2) is 18.5. The zero-order valence-corrected chi connectivity index (χ0v) is 39.3. The molecule has 0 spiro atoms. The van der Waals surface area contributed by atoms with E-state index in [1.807, 2.05) is 39.0 Å². The second-order valence-electron chi connectivity index (χ2n) is 19.9. The molecule has 6 aliphatic rings. The number of nitrogens with one attached hydrogen (secondary N) is 3. The van der Waals surface area contributed by atoms with E-state index in [0.29, 0.717) is 57.3 Å². The first-order chi connectivity index (χ1) is 30.4. The zero-order valence-electron chi connectivity index (χ0n) is 37.7. The summed E-state index contributed by atoms with van der Waals surface area (Å²) in [7, 11) is 2.12. The molecular formula is C46H63ClN8O8S. The molecule has 0 radical (unpaired) electrons. The molecule has 18 heteroatoms. The van der Waals surface area contributed by atoms with Gasteiger partial charge in [0.15, 0.2) is 5.17 Å². The van der Waals surface area contributed by atoms with E-state index >= 15 is 0 Å². The second-order valence-corrected chi connectivity index (χ2v) is 21.3. The number of amides is 3. The molecule has 2 aromatic rings. The molecule has 3 aliphatic heterocycles. The van der Waals surface area contributed by atoms with Crippen molar-refractivity contribution >= 4 is 63.3 Å². The summed E-state index contributed by atoms with van der Waals surface area (Å²) >= 11 is 8.76. The number of likely N-dealkylation sites (tertiary alicyclic amines) is 1. The van der Waals surface area contributed by atoms with Crippen LogP contribution >= 0.6 is 23.4 Å². The van der Waals surface area contributed by atoms with Crippen LogP contribution in [0, 0.1) is 23.2 Å². The Hall–Kier alpha value is -4.32. The molecule has 3 saturated carbocycles. The highest BCUT2D eigenvalue weighted by Crippen LogP contribution is 2.52. The van der Waals surface area contributed by atoms with Gasteiger partial charge in [-0.05, 0) is 76.0 Å². The molecule has 3 amide bonds. The molecule has 1 aromatic heterocycles. The number of alkyl carbamates (subject to hydrolysis) is 1. The van der Waals surface area contributed by atoms with Crippen molar-refractivity contribution in [3.05, 3.63) is 41.6 Å². The maximum atomic E-state index is 14.8. The molecule has 5 fully saturated rings. The Morgan fingerprint density at radius 3 is 2.45 bits per heavy atom. The predicted octanol–water partition coefficient (Wildman–Crippen LogP) is 5.09. The fourth-order valence-electron chi connectivity index (χ4n) is 9.56. The SMILES string of the molecule is C=C[C@@H]1C[C@]1(NC(=O)[C@@H]1C[C@@H](Oc2cc(C3CSC(NC(C)C)=N3)nc3c(Cl)c(OCCN4CCN(C)CC4)ccc23)CN1C(=O)[C@@H](NC(=O)O[C@@H]1C[C@@H]2C[C@@H]2C1)C(C)(C)C)C(=O)O. The first-order valence-corrected chi connectivity index (χ1v) is 24.0. The summed E-state index contributed by atoms with van der Waals surface area (Å²) in [5, 5.41) is 21.0. The highest BCUT2D eigenvalue weighted by Gasteiger charge is 2.61. The van der Waals surface area contributed by atoms with Crippen molar-refractivity contribution in [1.29, 1.82) is 0 Å². The Morgan fingerprint density at radius 2 is 1.80 bits per heavy atom. The van der Waals surface area contributed by atoms with Crippen molar-refractivity contribution in [1.82, 2.24) is 35.6 Å². The fourth-order valence-corrected chi connectivity index (χ4v) is 10.9. The Labute approximate surface area is 384 Å². The normalized spacial score (nSPS) is 29.5. The number of hydrogen-bond donors (Lipinski definition) is 4. The quantitative estimate of drug-likeness (QED) is 0.173. The Kier molecular flexibility index (Phi) is 13.4. The zero-order chi connectivity index (χ0) is 45.7. The highest BCUT2D eigenvalue weighted by atomic mass is 35.5. The number of hydrogen-bond acceptors (Lipinski definition) is 13. The van der Waals surface area contributed by atoms with Crippen LogP contribution in [-0.2, 0) is 19.1 Å². The summed E-state index contributed by atoms with van der Waals surface area (Å²) in [6.07, 6.45) is 2.94. The largest absolute Gasteiger partial charge is 0.491 e. The van der Waals surface area contributed by atoms with Crippen LogP contribution < -0.4 is 25.4 Å². The van der Waals surface area contributed by atoms with Crippen LogP contribution in [0.1, 0.15) is 78.5 Å². The summed E-state index contributed by atoms with van der Waals surface area (Å²) in [6.45, 7) is 18.5. The number of pyridine rings is 1. The number of aliphatic carboxylic acids is 1. The molecule has 8 rings (SSSR count). The van der Waals surface area contributed by atoms with E-state index < -0.39 is 58.9 Å². The molecule has 64 heavy (non-hydrogen) atoms. The fraction of sp³-hybridized carbons (Fsp3) is 0.652. The molecule has 16 nitrogen and oxygen atoms in total. The van der Waals surface area contributed by atoms with Crippen LogP contribution in [0.25, 0.3) is 10.9 Å². The Bertz CT molecular complexity index is 2170. The molecule has 3 aliphatic carbocycles. The highest BCUT2D eigenvalue weighted by molar-refractivity contribution is 8.14. The molecule has 1 unspecified atom stereocenters. The number of benzene rings is 1. The van der Waals surface area contributed by atoms with Crippen molar-refractivity contribution in [3.8, 4) is 11.5 Å². The average molecular weight is 924 g/mol. The van der Waals surface area contributed by atoms with Gasteiger partial charge in [-0.15, -0.1) is 6.58 Å². The van der Waals surface area contributed by atoms with E-state index in [-0.39, 0.29) is 37.6 Å². The lowest BCUT2D eigenvalue weighted by molar-refractivity contribution is -0.146. The van der Waals surface area contributed by atoms with Crippen LogP contribution in [0.15, 0.2) is 35.8 Å². The third kappa shape index (κ3) is 10.1. The topological polar surface area (TPSA) is 187 Å². The van der Waals surface area contributed by atoms with Crippen LogP contribution in [-0.4, -0.2) is 148 Å². The van der Waals surface area contributed by atoms with Gasteiger partial charge in [0, 0.05) is 68.3 Å². The average Bonchev–Trinajstić information content (AvgIpc) is 3.91. The number of likely N-dealkylation sites (N-methyl/N-ethyl adjacent to an activating group) is 1. The summed E-state index contributed by atoms with van der Waals surface area (Å²) in [5.41, 5.74) is -1.21. The minimum absolute atomic E-state index is 0.0303. The lowest BCUT2D eigenvalue weighted by Crippen LogP contribution is -2.59. The third-order valence-corrected chi connectivity index (χ3v) is 14.9. The first-order valence-electron chi connectivity index (χ1n) is 22.7. The van der Waals surface area contributed by atoms with Gasteiger partial charge in [-0.3, -0.25) is 19.5 Å². The Morgan fingerprint density at radius 1 is 1.06 bits per heavy atom. The number of carbonyl (C=O) groups is 4. The Balaban J connectivity index is 1.08. The third-order valence-electron chi connectivity index (χ3n) is 13.6.